The van der Waals surface area contributed by atoms with Gasteiger partial charge in [0, 0.05) is 11.8 Å². The van der Waals surface area contributed by atoms with E-state index >= 15 is 0 Å². The van der Waals surface area contributed by atoms with Gasteiger partial charge in [-0.1, -0.05) is 0 Å². The van der Waals surface area contributed by atoms with E-state index in [4.69, 9.17) is 10.8 Å². The SMILES string of the molecule is CC(N)CSC(C(=O)O)C1CC1. The number of carboxylic acids is 1. The van der Waals surface area contributed by atoms with Gasteiger partial charge in [-0.05, 0) is 25.7 Å². The number of carboxylic acid groups (broad SMARTS) is 1. The Bertz CT molecular complexity index is 168. The maximum Gasteiger partial charge on any atom is 0.316 e. The van der Waals surface area contributed by atoms with Gasteiger partial charge >= 0.3 is 5.97 Å². The van der Waals surface area contributed by atoms with Crippen molar-refractivity contribution in [2.24, 2.45) is 11.7 Å². The molecule has 0 radical (unpaired) electrons. The number of hydrogen-bond donors (Lipinski definition) is 2. The van der Waals surface area contributed by atoms with Gasteiger partial charge in [-0.3, -0.25) is 4.79 Å². The molecule has 0 amide bonds. The fourth-order valence-corrected chi connectivity index (χ4v) is 2.26. The molecular formula is C8H15NO2S. The second kappa shape index (κ2) is 4.14. The van der Waals surface area contributed by atoms with Gasteiger partial charge in [0.2, 0.25) is 0 Å². The molecule has 1 rings (SSSR count). The number of hydrogen-bond acceptors (Lipinski definition) is 3. The molecule has 2 atom stereocenters. The molecule has 0 bridgehead atoms. The first-order chi connectivity index (χ1) is 5.61. The lowest BCUT2D eigenvalue weighted by atomic mass is 10.3. The van der Waals surface area contributed by atoms with E-state index in [-0.39, 0.29) is 11.3 Å². The topological polar surface area (TPSA) is 63.3 Å². The first-order valence-electron chi connectivity index (χ1n) is 4.21. The fraction of sp³-hybridized carbons (Fsp3) is 0.875. The first-order valence-corrected chi connectivity index (χ1v) is 5.26. The summed E-state index contributed by atoms with van der Waals surface area (Å²) in [4.78, 5) is 10.7. The van der Waals surface area contributed by atoms with Gasteiger partial charge in [-0.15, -0.1) is 11.8 Å². The highest BCUT2D eigenvalue weighted by Gasteiger charge is 2.36. The third-order valence-electron chi connectivity index (χ3n) is 1.83. The van der Waals surface area contributed by atoms with Crippen LogP contribution >= 0.6 is 11.8 Å². The summed E-state index contributed by atoms with van der Waals surface area (Å²) in [5, 5.41) is 8.62. The molecule has 0 heterocycles. The van der Waals surface area contributed by atoms with Crippen molar-refractivity contribution in [3.05, 3.63) is 0 Å². The zero-order chi connectivity index (χ0) is 9.14. The Morgan fingerprint density at radius 1 is 1.75 bits per heavy atom. The lowest BCUT2D eigenvalue weighted by Gasteiger charge is -2.11. The highest BCUT2D eigenvalue weighted by molar-refractivity contribution is 8.00. The molecule has 0 aromatic rings. The Balaban J connectivity index is 2.28. The summed E-state index contributed by atoms with van der Waals surface area (Å²) < 4.78 is 0. The van der Waals surface area contributed by atoms with Crippen LogP contribution in [0.5, 0.6) is 0 Å². The molecule has 1 aliphatic rings. The molecule has 0 aromatic carbocycles. The van der Waals surface area contributed by atoms with Crippen LogP contribution in [-0.4, -0.2) is 28.1 Å². The largest absolute Gasteiger partial charge is 0.480 e. The van der Waals surface area contributed by atoms with Gasteiger partial charge in [0.25, 0.3) is 0 Å². The summed E-state index contributed by atoms with van der Waals surface area (Å²) in [6, 6.07) is 0.0931. The van der Waals surface area contributed by atoms with Gasteiger partial charge < -0.3 is 10.8 Å². The molecule has 0 aliphatic heterocycles. The van der Waals surface area contributed by atoms with Crippen molar-refractivity contribution in [3.8, 4) is 0 Å². The van der Waals surface area contributed by atoms with Crippen LogP contribution in [0.4, 0.5) is 0 Å². The van der Waals surface area contributed by atoms with E-state index in [1.165, 1.54) is 11.8 Å². The molecule has 12 heavy (non-hydrogen) atoms. The van der Waals surface area contributed by atoms with Gasteiger partial charge in [-0.25, -0.2) is 0 Å². The summed E-state index contributed by atoms with van der Waals surface area (Å²) in [7, 11) is 0. The molecule has 70 valence electrons. The monoisotopic (exact) mass is 189 g/mol. The number of aliphatic carboxylic acids is 1. The normalized spacial score (nSPS) is 21.8. The van der Waals surface area contributed by atoms with E-state index in [1.807, 2.05) is 6.92 Å². The molecule has 1 aliphatic carbocycles. The van der Waals surface area contributed by atoms with E-state index in [0.29, 0.717) is 5.92 Å². The van der Waals surface area contributed by atoms with Gasteiger partial charge in [-0.2, -0.15) is 0 Å². The zero-order valence-electron chi connectivity index (χ0n) is 7.19. The number of carbonyl (C=O) groups is 1. The van der Waals surface area contributed by atoms with E-state index in [2.05, 4.69) is 0 Å². The highest BCUT2D eigenvalue weighted by atomic mass is 32.2. The second-order valence-corrected chi connectivity index (χ2v) is 4.58. The summed E-state index contributed by atoms with van der Waals surface area (Å²) in [6.45, 7) is 1.90. The van der Waals surface area contributed by atoms with Crippen molar-refractivity contribution >= 4 is 17.7 Å². The minimum absolute atomic E-state index is 0.0931. The van der Waals surface area contributed by atoms with Crippen LogP contribution in [0.25, 0.3) is 0 Å². The van der Waals surface area contributed by atoms with Crippen molar-refractivity contribution in [3.63, 3.8) is 0 Å². The van der Waals surface area contributed by atoms with Gasteiger partial charge in [0.05, 0.1) is 0 Å². The zero-order valence-corrected chi connectivity index (χ0v) is 8.01. The Morgan fingerprint density at radius 3 is 2.67 bits per heavy atom. The summed E-state index contributed by atoms with van der Waals surface area (Å²) in [5.41, 5.74) is 5.55. The highest BCUT2D eigenvalue weighted by Crippen LogP contribution is 2.39. The lowest BCUT2D eigenvalue weighted by molar-refractivity contribution is -0.136. The fourth-order valence-electron chi connectivity index (χ4n) is 1.06. The van der Waals surface area contributed by atoms with Crippen molar-refractivity contribution in [2.45, 2.75) is 31.1 Å². The van der Waals surface area contributed by atoms with Crippen LogP contribution in [0, 0.1) is 5.92 Å². The van der Waals surface area contributed by atoms with Crippen molar-refractivity contribution in [1.29, 1.82) is 0 Å². The molecule has 0 aromatic heterocycles. The molecule has 1 fully saturated rings. The Hall–Kier alpha value is -0.220. The Morgan fingerprint density at radius 2 is 2.33 bits per heavy atom. The molecule has 2 unspecified atom stereocenters. The predicted octanol–water partition coefficient (Wildman–Crippen LogP) is 0.930. The predicted molar refractivity (Wildman–Crippen MR) is 50.3 cm³/mol. The summed E-state index contributed by atoms with van der Waals surface area (Å²) in [6.07, 6.45) is 2.14. The van der Waals surface area contributed by atoms with E-state index in [1.54, 1.807) is 0 Å². The molecule has 3 nitrogen and oxygen atoms in total. The van der Waals surface area contributed by atoms with Crippen LogP contribution in [-0.2, 0) is 4.79 Å². The Kier molecular flexibility index (Phi) is 3.40. The third kappa shape index (κ3) is 3.03. The number of nitrogens with two attached hydrogens (primary N) is 1. The quantitative estimate of drug-likeness (QED) is 0.675. The van der Waals surface area contributed by atoms with E-state index in [9.17, 15) is 4.79 Å². The number of rotatable bonds is 5. The van der Waals surface area contributed by atoms with Gasteiger partial charge in [0.15, 0.2) is 0 Å². The maximum atomic E-state index is 10.7. The van der Waals surface area contributed by atoms with Crippen LogP contribution < -0.4 is 5.73 Å². The van der Waals surface area contributed by atoms with Crippen molar-refractivity contribution in [1.82, 2.24) is 0 Å². The molecule has 3 N–H and O–H groups in total. The van der Waals surface area contributed by atoms with Crippen LogP contribution in [0.15, 0.2) is 0 Å². The first kappa shape index (κ1) is 9.86. The van der Waals surface area contributed by atoms with Crippen molar-refractivity contribution < 1.29 is 9.90 Å². The average molecular weight is 189 g/mol. The molecule has 0 spiro atoms. The Labute approximate surface area is 76.7 Å². The average Bonchev–Trinajstić information content (AvgIpc) is 2.69. The van der Waals surface area contributed by atoms with Crippen molar-refractivity contribution in [2.75, 3.05) is 5.75 Å². The smallest absolute Gasteiger partial charge is 0.316 e. The maximum absolute atomic E-state index is 10.7. The van der Waals surface area contributed by atoms with Crippen LogP contribution in [0.3, 0.4) is 0 Å². The molecule has 4 heteroatoms. The molecular weight excluding hydrogens is 174 g/mol. The summed E-state index contributed by atoms with van der Waals surface area (Å²) >= 11 is 1.48. The third-order valence-corrected chi connectivity index (χ3v) is 3.50. The van der Waals surface area contributed by atoms with Gasteiger partial charge in [0.1, 0.15) is 5.25 Å². The van der Waals surface area contributed by atoms with E-state index in [0.717, 1.165) is 18.6 Å². The molecule has 1 saturated carbocycles. The lowest BCUT2D eigenvalue weighted by Crippen LogP contribution is -2.24. The second-order valence-electron chi connectivity index (χ2n) is 3.41. The minimum atomic E-state index is -0.678. The minimum Gasteiger partial charge on any atom is -0.480 e. The van der Waals surface area contributed by atoms with Crippen LogP contribution in [0.1, 0.15) is 19.8 Å². The number of thioether (sulfide) groups is 1. The summed E-state index contributed by atoms with van der Waals surface area (Å²) in [5.74, 6) is 0.474. The standard InChI is InChI=1S/C8H15NO2S/c1-5(9)4-12-7(8(10)11)6-2-3-6/h5-7H,2-4,9H2,1H3,(H,10,11). The molecule has 0 saturated heterocycles. The van der Waals surface area contributed by atoms with E-state index < -0.39 is 5.97 Å². The van der Waals surface area contributed by atoms with Crippen LogP contribution in [0.2, 0.25) is 0 Å².